The van der Waals surface area contributed by atoms with E-state index in [-0.39, 0.29) is 5.09 Å². The Labute approximate surface area is 139 Å². The first-order chi connectivity index (χ1) is 11.4. The summed E-state index contributed by atoms with van der Waals surface area (Å²) in [6.45, 7) is 3.62. The van der Waals surface area contributed by atoms with Crippen LogP contribution in [0.5, 0.6) is 5.75 Å². The number of hydrogen-bond donors (Lipinski definition) is 1. The highest BCUT2D eigenvalue weighted by Crippen LogP contribution is 2.29. The van der Waals surface area contributed by atoms with Crippen molar-refractivity contribution in [3.05, 3.63) is 47.7 Å². The minimum absolute atomic E-state index is 0.214. The van der Waals surface area contributed by atoms with Gasteiger partial charge in [0.1, 0.15) is 5.75 Å². The molecule has 3 aromatic rings. The standard InChI is InChI=1S/C16H16N2O5S/c1-10-11(2)17-23-16(10)14-7-8-15(22-14)24(19,20)18-12-5-4-6-13(9-12)21-3/h4-9,18H,1-3H3. The summed E-state index contributed by atoms with van der Waals surface area (Å²) >= 11 is 0. The van der Waals surface area contributed by atoms with E-state index in [1.54, 1.807) is 31.2 Å². The summed E-state index contributed by atoms with van der Waals surface area (Å²) in [4.78, 5) is 0. The zero-order valence-corrected chi connectivity index (χ0v) is 14.2. The maximum atomic E-state index is 12.4. The van der Waals surface area contributed by atoms with E-state index in [0.717, 1.165) is 11.3 Å². The Morgan fingerprint density at radius 1 is 1.17 bits per heavy atom. The van der Waals surface area contributed by atoms with Gasteiger partial charge >= 0.3 is 0 Å². The maximum absolute atomic E-state index is 12.4. The zero-order chi connectivity index (χ0) is 17.3. The zero-order valence-electron chi connectivity index (χ0n) is 13.4. The smallest absolute Gasteiger partial charge is 0.295 e. The molecule has 0 aliphatic heterocycles. The Bertz CT molecular complexity index is 972. The van der Waals surface area contributed by atoms with Gasteiger partial charge in [-0.2, -0.15) is 8.42 Å². The topological polar surface area (TPSA) is 94.6 Å². The number of methoxy groups -OCH3 is 1. The molecule has 1 aromatic carbocycles. The molecule has 1 N–H and O–H groups in total. The van der Waals surface area contributed by atoms with Crippen LogP contribution >= 0.6 is 0 Å². The quantitative estimate of drug-likeness (QED) is 0.760. The highest BCUT2D eigenvalue weighted by molar-refractivity contribution is 7.92. The molecule has 0 radical (unpaired) electrons. The summed E-state index contributed by atoms with van der Waals surface area (Å²) in [5.41, 5.74) is 1.90. The SMILES string of the molecule is COc1cccc(NS(=O)(=O)c2ccc(-c3onc(C)c3C)o2)c1. The summed E-state index contributed by atoms with van der Waals surface area (Å²) < 4.78 is 43.0. The predicted octanol–water partition coefficient (Wildman–Crippen LogP) is 3.36. The van der Waals surface area contributed by atoms with Crippen LogP contribution in [0.2, 0.25) is 0 Å². The minimum atomic E-state index is -3.87. The van der Waals surface area contributed by atoms with Gasteiger partial charge in [-0.3, -0.25) is 4.72 Å². The number of rotatable bonds is 5. The van der Waals surface area contributed by atoms with E-state index in [0.29, 0.717) is 23.0 Å². The molecule has 126 valence electrons. The Morgan fingerprint density at radius 3 is 2.62 bits per heavy atom. The highest BCUT2D eigenvalue weighted by atomic mass is 32.2. The van der Waals surface area contributed by atoms with Crippen molar-refractivity contribution < 1.29 is 22.1 Å². The van der Waals surface area contributed by atoms with E-state index in [4.69, 9.17) is 13.7 Å². The number of hydrogen-bond acceptors (Lipinski definition) is 6. The molecule has 0 aliphatic carbocycles. The number of ether oxygens (including phenoxy) is 1. The first kappa shape index (κ1) is 16.1. The second-order valence-corrected chi connectivity index (χ2v) is 6.79. The lowest BCUT2D eigenvalue weighted by molar-refractivity contribution is 0.398. The van der Waals surface area contributed by atoms with Crippen molar-refractivity contribution in [1.82, 2.24) is 5.16 Å². The van der Waals surface area contributed by atoms with Crippen LogP contribution < -0.4 is 9.46 Å². The van der Waals surface area contributed by atoms with Crippen LogP contribution in [0.25, 0.3) is 11.5 Å². The van der Waals surface area contributed by atoms with Gasteiger partial charge in [-0.05, 0) is 38.1 Å². The summed E-state index contributed by atoms with van der Waals surface area (Å²) in [7, 11) is -2.36. The van der Waals surface area contributed by atoms with Crippen LogP contribution in [-0.4, -0.2) is 20.7 Å². The summed E-state index contributed by atoms with van der Waals surface area (Å²) in [5.74, 6) is 1.26. The third-order valence-electron chi connectivity index (χ3n) is 3.55. The lowest BCUT2D eigenvalue weighted by atomic mass is 10.2. The van der Waals surface area contributed by atoms with Crippen molar-refractivity contribution in [2.24, 2.45) is 0 Å². The maximum Gasteiger partial charge on any atom is 0.295 e. The van der Waals surface area contributed by atoms with E-state index in [2.05, 4.69) is 9.88 Å². The van der Waals surface area contributed by atoms with Crippen molar-refractivity contribution in [2.75, 3.05) is 11.8 Å². The molecular formula is C16H16N2O5S. The number of nitrogens with one attached hydrogen (secondary N) is 1. The fourth-order valence-electron chi connectivity index (χ4n) is 2.12. The van der Waals surface area contributed by atoms with Gasteiger partial charge in [0.15, 0.2) is 5.76 Å². The second kappa shape index (κ2) is 6.04. The van der Waals surface area contributed by atoms with Gasteiger partial charge in [0.05, 0.1) is 18.5 Å². The number of anilines is 1. The first-order valence-corrected chi connectivity index (χ1v) is 8.59. The molecule has 0 aliphatic rings. The second-order valence-electron chi connectivity index (χ2n) is 5.18. The monoisotopic (exact) mass is 348 g/mol. The largest absolute Gasteiger partial charge is 0.497 e. The lowest BCUT2D eigenvalue weighted by Crippen LogP contribution is -2.12. The molecule has 0 spiro atoms. The average Bonchev–Trinajstić information content (AvgIpc) is 3.16. The Kier molecular flexibility index (Phi) is 4.06. The Hall–Kier alpha value is -2.74. The van der Waals surface area contributed by atoms with Crippen LogP contribution in [0.3, 0.4) is 0 Å². The molecule has 0 unspecified atom stereocenters. The van der Waals surface area contributed by atoms with E-state index in [1.165, 1.54) is 19.2 Å². The molecule has 24 heavy (non-hydrogen) atoms. The molecule has 0 bridgehead atoms. The van der Waals surface area contributed by atoms with E-state index in [1.807, 2.05) is 6.92 Å². The minimum Gasteiger partial charge on any atom is -0.497 e. The summed E-state index contributed by atoms with van der Waals surface area (Å²) in [6, 6.07) is 9.50. The van der Waals surface area contributed by atoms with Crippen molar-refractivity contribution in [2.45, 2.75) is 18.9 Å². The highest BCUT2D eigenvalue weighted by Gasteiger charge is 2.22. The number of aryl methyl sites for hydroxylation is 1. The van der Waals surface area contributed by atoms with Crippen LogP contribution in [0.4, 0.5) is 5.69 Å². The molecule has 0 saturated heterocycles. The Morgan fingerprint density at radius 2 is 1.96 bits per heavy atom. The summed E-state index contributed by atoms with van der Waals surface area (Å²) in [6.07, 6.45) is 0. The fourth-order valence-corrected chi connectivity index (χ4v) is 3.11. The molecule has 0 saturated carbocycles. The fraction of sp³-hybridized carbons (Fsp3) is 0.188. The Balaban J connectivity index is 1.89. The third-order valence-corrected chi connectivity index (χ3v) is 4.80. The number of sulfonamides is 1. The summed E-state index contributed by atoms with van der Waals surface area (Å²) in [5, 5.41) is 3.62. The van der Waals surface area contributed by atoms with E-state index < -0.39 is 10.0 Å². The van der Waals surface area contributed by atoms with Gasteiger partial charge in [-0.15, -0.1) is 0 Å². The van der Waals surface area contributed by atoms with Crippen molar-refractivity contribution in [3.8, 4) is 17.3 Å². The molecule has 7 nitrogen and oxygen atoms in total. The van der Waals surface area contributed by atoms with Crippen molar-refractivity contribution in [3.63, 3.8) is 0 Å². The van der Waals surface area contributed by atoms with Gasteiger partial charge in [0.2, 0.25) is 10.9 Å². The molecule has 0 atom stereocenters. The molecule has 0 fully saturated rings. The van der Waals surface area contributed by atoms with Crippen molar-refractivity contribution in [1.29, 1.82) is 0 Å². The third kappa shape index (κ3) is 3.00. The average molecular weight is 348 g/mol. The molecule has 3 rings (SSSR count). The first-order valence-electron chi connectivity index (χ1n) is 7.10. The van der Waals surface area contributed by atoms with Gasteiger partial charge < -0.3 is 13.7 Å². The van der Waals surface area contributed by atoms with E-state index in [9.17, 15) is 8.42 Å². The van der Waals surface area contributed by atoms with Crippen LogP contribution in [0.1, 0.15) is 11.3 Å². The van der Waals surface area contributed by atoms with Gasteiger partial charge in [0.25, 0.3) is 10.0 Å². The molecule has 8 heteroatoms. The number of nitrogens with zero attached hydrogens (tertiary/aromatic N) is 1. The molecule has 2 aromatic heterocycles. The van der Waals surface area contributed by atoms with Crippen molar-refractivity contribution >= 4 is 15.7 Å². The number of aromatic nitrogens is 1. The predicted molar refractivity (Wildman–Crippen MR) is 87.5 cm³/mol. The van der Waals surface area contributed by atoms with Gasteiger partial charge in [-0.1, -0.05) is 11.2 Å². The van der Waals surface area contributed by atoms with Gasteiger partial charge in [-0.25, -0.2) is 0 Å². The lowest BCUT2D eigenvalue weighted by Gasteiger charge is -2.07. The van der Waals surface area contributed by atoms with Crippen LogP contribution in [-0.2, 0) is 10.0 Å². The van der Waals surface area contributed by atoms with Gasteiger partial charge in [0, 0.05) is 11.6 Å². The normalized spacial score (nSPS) is 11.5. The molecule has 2 heterocycles. The van der Waals surface area contributed by atoms with Crippen LogP contribution in [0.15, 0.2) is 50.4 Å². The number of benzene rings is 1. The molecular weight excluding hydrogens is 332 g/mol. The number of furan rings is 1. The van der Waals surface area contributed by atoms with E-state index >= 15 is 0 Å². The van der Waals surface area contributed by atoms with Crippen LogP contribution in [0, 0.1) is 13.8 Å². The molecule has 0 amide bonds.